The number of fused-ring (bicyclic) bond motifs is 1. The molecule has 6 nitrogen and oxygen atoms in total. The molecule has 2 unspecified atom stereocenters. The van der Waals surface area contributed by atoms with Crippen molar-refractivity contribution < 1.29 is 13.9 Å². The van der Waals surface area contributed by atoms with Crippen LogP contribution < -0.4 is 15.4 Å². The number of hydrogen-bond acceptors (Lipinski definition) is 5. The predicted octanol–water partition coefficient (Wildman–Crippen LogP) is 2.03. The first-order chi connectivity index (χ1) is 10.1. The highest BCUT2D eigenvalue weighted by molar-refractivity contribution is 5.83. The molecule has 0 fully saturated rings. The van der Waals surface area contributed by atoms with Gasteiger partial charge in [0.15, 0.2) is 6.10 Å². The fourth-order valence-corrected chi connectivity index (χ4v) is 2.20. The third kappa shape index (κ3) is 2.84. The molecule has 0 radical (unpaired) electrons. The fourth-order valence-electron chi connectivity index (χ4n) is 2.20. The second-order valence-electron chi connectivity index (χ2n) is 5.02. The van der Waals surface area contributed by atoms with Gasteiger partial charge in [-0.25, -0.2) is 4.98 Å². The molecule has 0 saturated heterocycles. The van der Waals surface area contributed by atoms with Crippen LogP contribution in [0.5, 0.6) is 5.75 Å². The van der Waals surface area contributed by atoms with Crippen molar-refractivity contribution in [3.05, 3.63) is 42.1 Å². The van der Waals surface area contributed by atoms with E-state index in [1.54, 1.807) is 6.20 Å². The first-order valence-electron chi connectivity index (χ1n) is 6.86. The first kappa shape index (κ1) is 13.5. The lowest BCUT2D eigenvalue weighted by Crippen LogP contribution is -2.45. The Hall–Kier alpha value is -2.50. The highest BCUT2D eigenvalue weighted by atomic mass is 16.5. The number of ether oxygens (including phenoxy) is 1. The van der Waals surface area contributed by atoms with Crippen LogP contribution in [0.3, 0.4) is 0 Å². The summed E-state index contributed by atoms with van der Waals surface area (Å²) in [7, 11) is 0. The lowest BCUT2D eigenvalue weighted by molar-refractivity contribution is -0.128. The van der Waals surface area contributed by atoms with E-state index in [1.165, 1.54) is 0 Å². The third-order valence-corrected chi connectivity index (χ3v) is 3.29. The molecule has 1 aromatic heterocycles. The van der Waals surface area contributed by atoms with Crippen LogP contribution in [0.4, 0.5) is 5.69 Å². The van der Waals surface area contributed by atoms with Crippen molar-refractivity contribution in [3.8, 4) is 5.75 Å². The van der Waals surface area contributed by atoms with Gasteiger partial charge >= 0.3 is 0 Å². The summed E-state index contributed by atoms with van der Waals surface area (Å²) in [5, 5.41) is 6.04. The normalized spacial score (nSPS) is 18.1. The molecule has 0 bridgehead atoms. The molecule has 110 valence electrons. The molecule has 2 atom stereocenters. The first-order valence-corrected chi connectivity index (χ1v) is 6.86. The van der Waals surface area contributed by atoms with Crippen molar-refractivity contribution in [1.29, 1.82) is 0 Å². The molecule has 2 heterocycles. The molecule has 3 rings (SSSR count). The van der Waals surface area contributed by atoms with Crippen molar-refractivity contribution in [3.63, 3.8) is 0 Å². The van der Waals surface area contributed by atoms with Crippen molar-refractivity contribution in [1.82, 2.24) is 10.3 Å². The Kier molecular flexibility index (Phi) is 3.51. The second-order valence-corrected chi connectivity index (χ2v) is 5.02. The van der Waals surface area contributed by atoms with Gasteiger partial charge in [0.2, 0.25) is 5.89 Å². The predicted molar refractivity (Wildman–Crippen MR) is 77.1 cm³/mol. The summed E-state index contributed by atoms with van der Waals surface area (Å²) in [5.74, 6) is 1.70. The van der Waals surface area contributed by atoms with Crippen molar-refractivity contribution in [2.75, 3.05) is 11.9 Å². The maximum atomic E-state index is 12.3. The fraction of sp³-hybridized carbons (Fsp3) is 0.333. The minimum absolute atomic E-state index is 0.194. The van der Waals surface area contributed by atoms with Crippen molar-refractivity contribution >= 4 is 11.6 Å². The summed E-state index contributed by atoms with van der Waals surface area (Å²) < 4.78 is 11.1. The van der Waals surface area contributed by atoms with E-state index in [-0.39, 0.29) is 11.9 Å². The van der Waals surface area contributed by atoms with Gasteiger partial charge in [0.1, 0.15) is 17.6 Å². The lowest BCUT2D eigenvalue weighted by atomic mass is 10.2. The number of aryl methyl sites for hydroxylation is 1. The molecule has 2 aromatic rings. The highest BCUT2D eigenvalue weighted by Gasteiger charge is 2.27. The molecule has 2 N–H and O–H groups in total. The van der Waals surface area contributed by atoms with Gasteiger partial charge in [0.25, 0.3) is 5.91 Å². The minimum Gasteiger partial charge on any atom is -0.477 e. The zero-order valence-corrected chi connectivity index (χ0v) is 11.9. The number of benzene rings is 1. The van der Waals surface area contributed by atoms with Crippen molar-refractivity contribution in [2.45, 2.75) is 26.0 Å². The number of carbonyl (C=O) groups excluding carboxylic acids is 1. The van der Waals surface area contributed by atoms with E-state index < -0.39 is 6.10 Å². The molecule has 1 aromatic carbocycles. The molecular formula is C15H17N3O3. The number of para-hydroxylation sites is 2. The summed E-state index contributed by atoms with van der Waals surface area (Å²) in [6, 6.07) is 7.25. The van der Waals surface area contributed by atoms with Gasteiger partial charge in [-0.1, -0.05) is 12.1 Å². The quantitative estimate of drug-likeness (QED) is 0.903. The standard InChI is InChI=1S/C15H17N3O3/c1-9-7-17-15(20-9)10(2)18-14(19)13-8-16-11-5-3-4-6-12(11)21-13/h3-7,10,13,16H,8H2,1-2H3,(H,18,19). The van der Waals surface area contributed by atoms with Crippen LogP contribution >= 0.6 is 0 Å². The Bertz CT molecular complexity index is 653. The minimum atomic E-state index is -0.571. The average molecular weight is 287 g/mol. The number of aromatic nitrogens is 1. The summed E-state index contributed by atoms with van der Waals surface area (Å²) in [5.41, 5.74) is 0.901. The average Bonchev–Trinajstić information content (AvgIpc) is 2.93. The Morgan fingerprint density at radius 2 is 2.29 bits per heavy atom. The van der Waals surface area contributed by atoms with E-state index in [4.69, 9.17) is 9.15 Å². The second kappa shape index (κ2) is 5.47. The van der Waals surface area contributed by atoms with E-state index in [1.807, 2.05) is 38.1 Å². The topological polar surface area (TPSA) is 76.4 Å². The van der Waals surface area contributed by atoms with E-state index in [0.717, 1.165) is 11.4 Å². The molecular weight excluding hydrogens is 270 g/mol. The van der Waals surface area contributed by atoms with Gasteiger partial charge in [0.05, 0.1) is 18.4 Å². The Morgan fingerprint density at radius 3 is 3.05 bits per heavy atom. The van der Waals surface area contributed by atoms with Crippen LogP contribution in [0.15, 0.2) is 34.9 Å². The maximum Gasteiger partial charge on any atom is 0.263 e. The van der Waals surface area contributed by atoms with E-state index in [0.29, 0.717) is 18.2 Å². The largest absolute Gasteiger partial charge is 0.477 e. The van der Waals surface area contributed by atoms with Gasteiger partial charge < -0.3 is 19.8 Å². The number of nitrogens with zero attached hydrogens (tertiary/aromatic N) is 1. The van der Waals surface area contributed by atoms with Crippen LogP contribution in [0.2, 0.25) is 0 Å². The zero-order chi connectivity index (χ0) is 14.8. The number of nitrogens with one attached hydrogen (secondary N) is 2. The SMILES string of the molecule is Cc1cnc(C(C)NC(=O)C2CNc3ccccc3O2)o1. The van der Waals surface area contributed by atoms with Gasteiger partial charge in [-0.05, 0) is 26.0 Å². The van der Waals surface area contributed by atoms with Crippen LogP contribution in [0.1, 0.15) is 24.6 Å². The van der Waals surface area contributed by atoms with E-state index in [2.05, 4.69) is 15.6 Å². The number of hydrogen-bond donors (Lipinski definition) is 2. The molecule has 0 spiro atoms. The molecule has 0 aliphatic carbocycles. The monoisotopic (exact) mass is 287 g/mol. The molecule has 21 heavy (non-hydrogen) atoms. The van der Waals surface area contributed by atoms with Crippen LogP contribution in [-0.4, -0.2) is 23.5 Å². The molecule has 0 saturated carbocycles. The number of rotatable bonds is 3. The highest BCUT2D eigenvalue weighted by Crippen LogP contribution is 2.28. The molecule has 1 aliphatic heterocycles. The summed E-state index contributed by atoms with van der Waals surface area (Å²) >= 11 is 0. The number of amides is 1. The third-order valence-electron chi connectivity index (χ3n) is 3.29. The number of carbonyl (C=O) groups is 1. The Balaban J connectivity index is 1.64. The maximum absolute atomic E-state index is 12.3. The smallest absolute Gasteiger partial charge is 0.263 e. The van der Waals surface area contributed by atoms with Gasteiger partial charge in [-0.2, -0.15) is 0 Å². The zero-order valence-electron chi connectivity index (χ0n) is 11.9. The van der Waals surface area contributed by atoms with Gasteiger partial charge in [-0.15, -0.1) is 0 Å². The van der Waals surface area contributed by atoms with Crippen LogP contribution in [0.25, 0.3) is 0 Å². The number of oxazole rings is 1. The Labute approximate surface area is 122 Å². The van der Waals surface area contributed by atoms with Gasteiger partial charge in [-0.3, -0.25) is 4.79 Å². The molecule has 6 heteroatoms. The van der Waals surface area contributed by atoms with Crippen LogP contribution in [-0.2, 0) is 4.79 Å². The lowest BCUT2D eigenvalue weighted by Gasteiger charge is -2.27. The van der Waals surface area contributed by atoms with E-state index >= 15 is 0 Å². The number of anilines is 1. The van der Waals surface area contributed by atoms with Crippen molar-refractivity contribution in [2.24, 2.45) is 0 Å². The van der Waals surface area contributed by atoms with Crippen LogP contribution in [0, 0.1) is 6.92 Å². The summed E-state index contributed by atoms with van der Waals surface area (Å²) in [6.07, 6.45) is 1.06. The molecule has 1 amide bonds. The Morgan fingerprint density at radius 1 is 1.48 bits per heavy atom. The summed E-state index contributed by atoms with van der Waals surface area (Å²) in [4.78, 5) is 16.4. The van der Waals surface area contributed by atoms with E-state index in [9.17, 15) is 4.79 Å². The van der Waals surface area contributed by atoms with Gasteiger partial charge in [0, 0.05) is 0 Å². The summed E-state index contributed by atoms with van der Waals surface area (Å²) in [6.45, 7) is 4.07. The molecule has 1 aliphatic rings.